The van der Waals surface area contributed by atoms with E-state index in [0.29, 0.717) is 0 Å². The number of morpholine rings is 1. The van der Waals surface area contributed by atoms with Gasteiger partial charge in [0, 0.05) is 48.0 Å². The molecule has 0 amide bonds. The van der Waals surface area contributed by atoms with Gasteiger partial charge in [0.25, 0.3) is 0 Å². The summed E-state index contributed by atoms with van der Waals surface area (Å²) in [6.07, 6.45) is 0. The zero-order valence-corrected chi connectivity index (χ0v) is 13.1. The van der Waals surface area contributed by atoms with Crippen LogP contribution in [0.2, 0.25) is 0 Å². The monoisotopic (exact) mass is 294 g/mol. The fourth-order valence-electron chi connectivity index (χ4n) is 3.56. The van der Waals surface area contributed by atoms with Gasteiger partial charge in [0.05, 0.1) is 13.2 Å². The van der Waals surface area contributed by atoms with E-state index in [4.69, 9.17) is 4.74 Å². The summed E-state index contributed by atoms with van der Waals surface area (Å²) in [5.41, 5.74) is 4.08. The third-order valence-electron chi connectivity index (χ3n) is 4.66. The van der Waals surface area contributed by atoms with Gasteiger partial charge in [-0.05, 0) is 30.7 Å². The van der Waals surface area contributed by atoms with Gasteiger partial charge in [0.2, 0.25) is 0 Å². The largest absolute Gasteiger partial charge is 0.379 e. The number of hydrogen-bond donors (Lipinski definition) is 0. The van der Waals surface area contributed by atoms with Crippen molar-refractivity contribution in [2.75, 3.05) is 26.3 Å². The molecular formula is C19H22N2O. The minimum atomic E-state index is 0.859. The molecule has 0 radical (unpaired) electrons. The van der Waals surface area contributed by atoms with Gasteiger partial charge in [-0.25, -0.2) is 0 Å². The molecule has 1 fully saturated rings. The van der Waals surface area contributed by atoms with Crippen molar-refractivity contribution in [1.29, 1.82) is 0 Å². The molecule has 0 spiro atoms. The molecule has 1 saturated heterocycles. The van der Waals surface area contributed by atoms with Crippen LogP contribution in [0.5, 0.6) is 0 Å². The summed E-state index contributed by atoms with van der Waals surface area (Å²) in [4.78, 5) is 2.48. The molecule has 0 aliphatic carbocycles. The van der Waals surface area contributed by atoms with Crippen molar-refractivity contribution in [3.8, 4) is 0 Å². The Balaban J connectivity index is 1.78. The lowest BCUT2D eigenvalue weighted by Crippen LogP contribution is -2.35. The van der Waals surface area contributed by atoms with Crippen molar-refractivity contribution >= 4 is 21.8 Å². The molecule has 3 aromatic rings. The highest BCUT2D eigenvalue weighted by Crippen LogP contribution is 2.30. The number of aryl methyl sites for hydroxylation is 1. The van der Waals surface area contributed by atoms with Gasteiger partial charge in [0.15, 0.2) is 0 Å². The van der Waals surface area contributed by atoms with Gasteiger partial charge in [-0.15, -0.1) is 0 Å². The Morgan fingerprint density at radius 1 is 0.955 bits per heavy atom. The quantitative estimate of drug-likeness (QED) is 0.733. The second kappa shape index (κ2) is 5.75. The van der Waals surface area contributed by atoms with E-state index in [2.05, 4.69) is 58.9 Å². The fraction of sp³-hybridized carbons (Fsp3) is 0.368. The molecule has 114 valence electrons. The van der Waals surface area contributed by atoms with Crippen LogP contribution in [0, 0.1) is 0 Å². The molecular weight excluding hydrogens is 272 g/mol. The Morgan fingerprint density at radius 2 is 1.73 bits per heavy atom. The molecule has 0 unspecified atom stereocenters. The molecule has 2 aromatic carbocycles. The van der Waals surface area contributed by atoms with Gasteiger partial charge >= 0.3 is 0 Å². The van der Waals surface area contributed by atoms with Crippen LogP contribution in [0.3, 0.4) is 0 Å². The summed E-state index contributed by atoms with van der Waals surface area (Å²) in [7, 11) is 0. The minimum Gasteiger partial charge on any atom is -0.379 e. The lowest BCUT2D eigenvalue weighted by Gasteiger charge is -2.26. The molecule has 0 N–H and O–H groups in total. The predicted molar refractivity (Wildman–Crippen MR) is 91.2 cm³/mol. The van der Waals surface area contributed by atoms with Gasteiger partial charge < -0.3 is 9.30 Å². The third-order valence-corrected chi connectivity index (χ3v) is 4.66. The smallest absolute Gasteiger partial charge is 0.0594 e. The Labute approximate surface area is 131 Å². The van der Waals surface area contributed by atoms with Crippen LogP contribution in [0.1, 0.15) is 12.5 Å². The number of fused-ring (bicyclic) bond motifs is 3. The molecule has 0 bridgehead atoms. The van der Waals surface area contributed by atoms with Crippen LogP contribution in [-0.2, 0) is 17.8 Å². The zero-order valence-electron chi connectivity index (χ0n) is 13.1. The molecule has 22 heavy (non-hydrogen) atoms. The first-order chi connectivity index (χ1) is 10.9. The van der Waals surface area contributed by atoms with Crippen molar-refractivity contribution in [3.63, 3.8) is 0 Å². The van der Waals surface area contributed by atoms with Crippen LogP contribution in [0.4, 0.5) is 0 Å². The van der Waals surface area contributed by atoms with E-state index in [0.717, 1.165) is 39.4 Å². The topological polar surface area (TPSA) is 17.4 Å². The number of aromatic nitrogens is 1. The van der Waals surface area contributed by atoms with E-state index >= 15 is 0 Å². The van der Waals surface area contributed by atoms with Crippen molar-refractivity contribution in [1.82, 2.24) is 9.47 Å². The summed E-state index contributed by atoms with van der Waals surface area (Å²) in [5, 5.41) is 2.74. The predicted octanol–water partition coefficient (Wildman–Crippen LogP) is 3.65. The summed E-state index contributed by atoms with van der Waals surface area (Å²) in [5.74, 6) is 0. The molecule has 0 saturated carbocycles. The van der Waals surface area contributed by atoms with E-state index in [9.17, 15) is 0 Å². The number of nitrogens with zero attached hydrogens (tertiary/aromatic N) is 2. The summed E-state index contributed by atoms with van der Waals surface area (Å²) >= 11 is 0. The first kappa shape index (κ1) is 13.8. The summed E-state index contributed by atoms with van der Waals surface area (Å²) in [6, 6.07) is 15.7. The van der Waals surface area contributed by atoms with Crippen molar-refractivity contribution in [2.45, 2.75) is 20.0 Å². The molecule has 1 aromatic heterocycles. The number of para-hydroxylation sites is 1. The van der Waals surface area contributed by atoms with Gasteiger partial charge in [0.1, 0.15) is 0 Å². The second-order valence-electron chi connectivity index (χ2n) is 6.00. The van der Waals surface area contributed by atoms with Gasteiger partial charge in [-0.2, -0.15) is 0 Å². The normalized spacial score (nSPS) is 16.6. The lowest BCUT2D eigenvalue weighted by molar-refractivity contribution is 0.0342. The van der Waals surface area contributed by atoms with Crippen LogP contribution in [0.25, 0.3) is 21.8 Å². The third kappa shape index (κ3) is 2.31. The van der Waals surface area contributed by atoms with Crippen LogP contribution >= 0.6 is 0 Å². The van der Waals surface area contributed by atoms with E-state index in [1.54, 1.807) is 0 Å². The molecule has 3 nitrogen and oxygen atoms in total. The van der Waals surface area contributed by atoms with Crippen molar-refractivity contribution < 1.29 is 4.74 Å². The van der Waals surface area contributed by atoms with E-state index in [-0.39, 0.29) is 0 Å². The van der Waals surface area contributed by atoms with E-state index < -0.39 is 0 Å². The van der Waals surface area contributed by atoms with Crippen molar-refractivity contribution in [2.24, 2.45) is 0 Å². The van der Waals surface area contributed by atoms with Crippen molar-refractivity contribution in [3.05, 3.63) is 48.0 Å². The number of ether oxygens (including phenoxy) is 1. The SMILES string of the molecule is CCn1c2ccccc2c2cc(CN3CCOCC3)ccc21. The first-order valence-corrected chi connectivity index (χ1v) is 8.17. The van der Waals surface area contributed by atoms with Gasteiger partial charge in [-0.3, -0.25) is 4.90 Å². The maximum atomic E-state index is 5.44. The molecule has 0 atom stereocenters. The average Bonchev–Trinajstić information content (AvgIpc) is 2.89. The molecule has 4 rings (SSSR count). The zero-order chi connectivity index (χ0) is 14.9. The summed E-state index contributed by atoms with van der Waals surface area (Å²) < 4.78 is 7.84. The number of hydrogen-bond acceptors (Lipinski definition) is 2. The molecule has 2 heterocycles. The second-order valence-corrected chi connectivity index (χ2v) is 6.00. The average molecular weight is 294 g/mol. The Morgan fingerprint density at radius 3 is 2.55 bits per heavy atom. The molecule has 1 aliphatic rings. The highest BCUT2D eigenvalue weighted by molar-refractivity contribution is 6.08. The number of benzene rings is 2. The highest BCUT2D eigenvalue weighted by atomic mass is 16.5. The van der Waals surface area contributed by atoms with Crippen LogP contribution in [-0.4, -0.2) is 35.8 Å². The Bertz CT molecular complexity index is 800. The van der Waals surface area contributed by atoms with E-state index in [1.807, 2.05) is 0 Å². The van der Waals surface area contributed by atoms with Crippen LogP contribution < -0.4 is 0 Å². The maximum absolute atomic E-state index is 5.44. The maximum Gasteiger partial charge on any atom is 0.0594 e. The standard InChI is InChI=1S/C19H22N2O/c1-2-21-18-6-4-3-5-16(18)17-13-15(7-8-19(17)21)14-20-9-11-22-12-10-20/h3-8,13H,2,9-12,14H2,1H3. The first-order valence-electron chi connectivity index (χ1n) is 8.17. The Hall–Kier alpha value is -1.84. The molecule has 3 heteroatoms. The van der Waals surface area contributed by atoms with Gasteiger partial charge in [-0.1, -0.05) is 24.3 Å². The lowest BCUT2D eigenvalue weighted by atomic mass is 10.1. The number of rotatable bonds is 3. The Kier molecular flexibility index (Phi) is 3.60. The van der Waals surface area contributed by atoms with E-state index in [1.165, 1.54) is 27.4 Å². The van der Waals surface area contributed by atoms with Crippen LogP contribution in [0.15, 0.2) is 42.5 Å². The minimum absolute atomic E-state index is 0.859. The highest BCUT2D eigenvalue weighted by Gasteiger charge is 2.13. The fourth-order valence-corrected chi connectivity index (χ4v) is 3.56. The molecule has 1 aliphatic heterocycles. The summed E-state index contributed by atoms with van der Waals surface area (Å²) in [6.45, 7) is 8.03.